The van der Waals surface area contributed by atoms with Crippen LogP contribution in [0.3, 0.4) is 0 Å². The van der Waals surface area contributed by atoms with Gasteiger partial charge in [0, 0.05) is 18.7 Å². The van der Waals surface area contributed by atoms with E-state index in [2.05, 4.69) is 45.9 Å². The number of aliphatic carboxylic acids is 2. The number of phosphoric ester groups is 1. The zero-order valence-electron chi connectivity index (χ0n) is 40.1. The summed E-state index contributed by atoms with van der Waals surface area (Å²) < 4.78 is 39.0. The van der Waals surface area contributed by atoms with E-state index >= 15 is 0 Å². The molecular weight excluding hydrogens is 832 g/mol. The van der Waals surface area contributed by atoms with Gasteiger partial charge in [0.05, 0.1) is 12.8 Å². The van der Waals surface area contributed by atoms with E-state index in [1.807, 2.05) is 11.8 Å². The number of hydrogen-bond acceptors (Lipinski definition) is 8. The van der Waals surface area contributed by atoms with Crippen molar-refractivity contribution in [3.8, 4) is 11.5 Å². The maximum Gasteiger partial charge on any atom is 0.536 e. The zero-order chi connectivity index (χ0) is 46.9. The molecule has 0 saturated heterocycles. The fourth-order valence-corrected chi connectivity index (χ4v) is 10.0. The second-order valence-electron chi connectivity index (χ2n) is 18.9. The van der Waals surface area contributed by atoms with E-state index in [1.54, 1.807) is 13.8 Å². The first-order valence-electron chi connectivity index (χ1n) is 23.8. The van der Waals surface area contributed by atoms with Crippen LogP contribution in [0.5, 0.6) is 11.5 Å². The second-order valence-corrected chi connectivity index (χ2v) is 21.6. The summed E-state index contributed by atoms with van der Waals surface area (Å²) >= 11 is 0. The minimum atomic E-state index is -5.21. The average Bonchev–Trinajstić information content (AvgIpc) is 3.16. The molecule has 62 heavy (non-hydrogen) atoms. The van der Waals surface area contributed by atoms with E-state index in [0.717, 1.165) is 67.4 Å². The standard InChI is InChI=1S/C29H52O8P2.C18H35NO4/c1-20(2)12-9-13-21(3)14-10-15-22(4)16-11-18-29(8)19-17-26-25(7)27(23(5)24(6)28(26)35-29)36-39(33,34)37-38(30,31)32;1-2-3-4-5-6-7-8-9-10-11-14-19(15-12-17(20)21)16-13-18(22)23/h20-22H,9-19H2,1-8H3,(H,33,34)(H2,30,31,32);2-16H2,1H3,(H,20,21)(H,22,23). The molecule has 1 aromatic carbocycles. The number of ether oxygens (including phenoxy) is 1. The van der Waals surface area contributed by atoms with Gasteiger partial charge in [0.15, 0.2) is 0 Å². The van der Waals surface area contributed by atoms with Gasteiger partial charge in [-0.05, 0) is 101 Å². The van der Waals surface area contributed by atoms with E-state index in [4.69, 9.17) is 29.3 Å². The van der Waals surface area contributed by atoms with Crippen LogP contribution in [0.2, 0.25) is 0 Å². The van der Waals surface area contributed by atoms with Gasteiger partial charge in [-0.25, -0.2) is 9.13 Å². The van der Waals surface area contributed by atoms with Crippen LogP contribution >= 0.6 is 15.6 Å². The van der Waals surface area contributed by atoms with Gasteiger partial charge in [-0.3, -0.25) is 14.5 Å². The minimum Gasteiger partial charge on any atom is -0.487 e. The molecule has 4 atom stereocenters. The van der Waals surface area contributed by atoms with Crippen molar-refractivity contribution in [1.82, 2.24) is 4.90 Å². The Morgan fingerprint density at radius 3 is 1.66 bits per heavy atom. The molecule has 0 aromatic heterocycles. The second kappa shape index (κ2) is 30.3. The van der Waals surface area contributed by atoms with E-state index < -0.39 is 27.6 Å². The fourth-order valence-electron chi connectivity index (χ4n) is 8.33. The van der Waals surface area contributed by atoms with Crippen LogP contribution in [-0.2, 0) is 29.5 Å². The zero-order valence-corrected chi connectivity index (χ0v) is 41.8. The van der Waals surface area contributed by atoms with E-state index in [0.29, 0.717) is 36.6 Å². The predicted molar refractivity (Wildman–Crippen MR) is 249 cm³/mol. The summed E-state index contributed by atoms with van der Waals surface area (Å²) in [6.07, 6.45) is 25.5. The van der Waals surface area contributed by atoms with E-state index in [9.17, 15) is 23.6 Å². The van der Waals surface area contributed by atoms with Crippen molar-refractivity contribution in [2.24, 2.45) is 17.8 Å². The summed E-state index contributed by atoms with van der Waals surface area (Å²) in [4.78, 5) is 51.0. The number of carbonyl (C=O) groups is 2. The molecule has 1 aromatic rings. The summed E-state index contributed by atoms with van der Waals surface area (Å²) in [7, 11) is -10.2. The Kier molecular flexibility index (Phi) is 28.3. The Bertz CT molecular complexity index is 1530. The van der Waals surface area contributed by atoms with Crippen molar-refractivity contribution in [2.75, 3.05) is 19.6 Å². The predicted octanol–water partition coefficient (Wildman–Crippen LogP) is 12.9. The highest BCUT2D eigenvalue weighted by molar-refractivity contribution is 7.60. The topological polar surface area (TPSA) is 200 Å². The van der Waals surface area contributed by atoms with Gasteiger partial charge in [-0.1, -0.05) is 137 Å². The van der Waals surface area contributed by atoms with Gasteiger partial charge < -0.3 is 34.2 Å². The SMILES string of the molecule is CCCCCCCCCCCCN(CCC(=O)O)CCC(=O)O.Cc1c(C)c2c(c(C)c1OP(=O)(O)OP(=O)(O)O)CCC(C)(CCCC(C)CCCC(C)CCCC(C)C)O2. The quantitative estimate of drug-likeness (QED) is 0.0330. The normalized spacial score (nSPS) is 17.1. The van der Waals surface area contributed by atoms with Crippen molar-refractivity contribution in [1.29, 1.82) is 0 Å². The fraction of sp³-hybridized carbons (Fsp3) is 0.830. The van der Waals surface area contributed by atoms with Crippen molar-refractivity contribution < 1.29 is 57.2 Å². The molecule has 0 saturated carbocycles. The van der Waals surface area contributed by atoms with Crippen LogP contribution in [0.1, 0.15) is 205 Å². The molecule has 0 radical (unpaired) electrons. The molecule has 0 spiro atoms. The number of carboxylic acids is 2. The van der Waals surface area contributed by atoms with Crippen molar-refractivity contribution in [3.05, 3.63) is 22.3 Å². The van der Waals surface area contributed by atoms with E-state index in [1.165, 1.54) is 96.3 Å². The first-order chi connectivity index (χ1) is 29.0. The molecule has 1 aliphatic heterocycles. The smallest absolute Gasteiger partial charge is 0.487 e. The van der Waals surface area contributed by atoms with Crippen LogP contribution in [0.15, 0.2) is 0 Å². The van der Waals surface area contributed by atoms with Crippen LogP contribution in [0, 0.1) is 38.5 Å². The molecule has 1 aliphatic rings. The molecule has 5 N–H and O–H groups in total. The highest BCUT2D eigenvalue weighted by Gasteiger charge is 2.38. The summed E-state index contributed by atoms with van der Waals surface area (Å²) in [6.45, 7) is 20.8. The summed E-state index contributed by atoms with van der Waals surface area (Å²) in [5.74, 6) is 1.53. The summed E-state index contributed by atoms with van der Waals surface area (Å²) in [6, 6.07) is 0. The van der Waals surface area contributed by atoms with Crippen molar-refractivity contribution in [2.45, 2.75) is 216 Å². The molecular formula is C47H87NO12P2. The van der Waals surface area contributed by atoms with Crippen molar-refractivity contribution in [3.63, 3.8) is 0 Å². The van der Waals surface area contributed by atoms with E-state index in [-0.39, 0.29) is 24.2 Å². The highest BCUT2D eigenvalue weighted by atomic mass is 31.3. The van der Waals surface area contributed by atoms with Crippen LogP contribution < -0.4 is 9.26 Å². The number of unbranched alkanes of at least 4 members (excludes halogenated alkanes) is 9. The Morgan fingerprint density at radius 1 is 0.694 bits per heavy atom. The molecule has 2 rings (SSSR count). The largest absolute Gasteiger partial charge is 0.536 e. The molecule has 0 aliphatic carbocycles. The number of nitrogens with zero attached hydrogens (tertiary/aromatic N) is 1. The third-order valence-corrected chi connectivity index (χ3v) is 14.5. The third kappa shape index (κ3) is 26.1. The number of fused-ring (bicyclic) bond motifs is 1. The molecule has 1 heterocycles. The minimum absolute atomic E-state index is 0.0807. The lowest BCUT2D eigenvalue weighted by Gasteiger charge is -2.38. The first kappa shape index (κ1) is 58.0. The first-order valence-corrected chi connectivity index (χ1v) is 26.8. The van der Waals surface area contributed by atoms with Gasteiger partial charge >= 0.3 is 27.6 Å². The van der Waals surface area contributed by atoms with Gasteiger partial charge in [-0.2, -0.15) is 4.31 Å². The van der Waals surface area contributed by atoms with Gasteiger partial charge in [0.1, 0.15) is 17.1 Å². The lowest BCUT2D eigenvalue weighted by molar-refractivity contribution is -0.137. The number of phosphoric acid groups is 2. The average molecular weight is 920 g/mol. The Balaban J connectivity index is 0.000000714. The Hall–Kier alpha value is -1.98. The maximum absolute atomic E-state index is 12.2. The lowest BCUT2D eigenvalue weighted by atomic mass is 9.84. The number of hydrogen-bond donors (Lipinski definition) is 5. The van der Waals surface area contributed by atoms with Crippen LogP contribution in [-0.4, -0.2) is 67.0 Å². The maximum atomic E-state index is 12.2. The van der Waals surface area contributed by atoms with Crippen LogP contribution in [0.4, 0.5) is 0 Å². The molecule has 0 amide bonds. The Morgan fingerprint density at radius 2 is 1.18 bits per heavy atom. The highest BCUT2D eigenvalue weighted by Crippen LogP contribution is 2.59. The lowest BCUT2D eigenvalue weighted by Crippen LogP contribution is -2.37. The van der Waals surface area contributed by atoms with Crippen molar-refractivity contribution >= 4 is 27.6 Å². The molecule has 0 bridgehead atoms. The summed E-state index contributed by atoms with van der Waals surface area (Å²) in [5.41, 5.74) is 2.57. The molecule has 4 unspecified atom stereocenters. The third-order valence-electron chi connectivity index (χ3n) is 12.4. The molecule has 362 valence electrons. The number of rotatable bonds is 33. The molecule has 0 fully saturated rings. The Labute approximate surface area is 375 Å². The summed E-state index contributed by atoms with van der Waals surface area (Å²) in [5, 5.41) is 17.5. The molecule has 15 heteroatoms. The van der Waals surface area contributed by atoms with Gasteiger partial charge in [-0.15, -0.1) is 0 Å². The van der Waals surface area contributed by atoms with Gasteiger partial charge in [0.25, 0.3) is 0 Å². The van der Waals surface area contributed by atoms with Crippen LogP contribution in [0.25, 0.3) is 0 Å². The number of benzene rings is 1. The molecule has 13 nitrogen and oxygen atoms in total. The monoisotopic (exact) mass is 920 g/mol. The van der Waals surface area contributed by atoms with Gasteiger partial charge in [0.2, 0.25) is 0 Å². The number of carboxylic acid groups (broad SMARTS) is 2.